The number of allylic oxidation sites excluding steroid dienone is 4. The highest BCUT2D eigenvalue weighted by Crippen LogP contribution is 2.68. The summed E-state index contributed by atoms with van der Waals surface area (Å²) in [5.41, 5.74) is 3.45. The molecule has 1 N–H and O–H groups in total. The fraction of sp³-hybridized carbons (Fsp3) is 0.700. The summed E-state index contributed by atoms with van der Waals surface area (Å²) in [6.45, 7) is 17.3. The standard InChI is InChI=1S/C30H42O4/c1-17(9-8-10-18(2)27(33)34)20-11-13-30(7)21(19(20)3)15-22-26(30)23(31)16-24-28(4,5)25(32)12-14-29(22,24)6/h10,17,20-21,24H,3,8-9,11-16H2,1-2,4-7H3,(H,33,34)/b18-10-/t17-,20-,21-,24+,29-,30-/m1/s1. The Balaban J connectivity index is 1.58. The van der Waals surface area contributed by atoms with Gasteiger partial charge in [0.25, 0.3) is 0 Å². The number of Topliss-reactive ketones (excluding diaryl/α,β-unsaturated/α-hetero) is 2. The maximum absolute atomic E-state index is 13.7. The maximum atomic E-state index is 13.7. The molecule has 34 heavy (non-hydrogen) atoms. The van der Waals surface area contributed by atoms with E-state index in [2.05, 4.69) is 41.2 Å². The Morgan fingerprint density at radius 3 is 2.47 bits per heavy atom. The molecule has 0 radical (unpaired) electrons. The SMILES string of the molecule is C=C1[C@H]2CC3=C(C(=O)C[C@H]4C(C)(C)C(=O)CC[C@]34C)[C@]2(C)CC[C@@H]1[C@H](C)CC/C=C(/C)C(=O)O. The zero-order chi connectivity index (χ0) is 25.2. The van der Waals surface area contributed by atoms with Crippen LogP contribution in [0, 0.1) is 39.9 Å². The molecule has 0 unspecified atom stereocenters. The minimum atomic E-state index is -0.850. The topological polar surface area (TPSA) is 71.4 Å². The second-order valence-corrected chi connectivity index (χ2v) is 12.7. The van der Waals surface area contributed by atoms with Crippen LogP contribution in [0.15, 0.2) is 34.9 Å². The highest BCUT2D eigenvalue weighted by Gasteiger charge is 2.62. The lowest BCUT2D eigenvalue weighted by Gasteiger charge is -2.53. The van der Waals surface area contributed by atoms with E-state index in [-0.39, 0.29) is 28.4 Å². The largest absolute Gasteiger partial charge is 0.478 e. The normalized spacial score (nSPS) is 38.4. The van der Waals surface area contributed by atoms with Crippen LogP contribution >= 0.6 is 0 Å². The molecule has 186 valence electrons. The molecular weight excluding hydrogens is 424 g/mol. The number of carbonyl (C=O) groups excluding carboxylic acids is 2. The molecular formula is C30H42O4. The molecule has 4 nitrogen and oxygen atoms in total. The van der Waals surface area contributed by atoms with Gasteiger partial charge in [-0.25, -0.2) is 4.79 Å². The Hall–Kier alpha value is -1.97. The fourth-order valence-electron chi connectivity index (χ4n) is 8.29. The number of aliphatic carboxylic acids is 1. The molecule has 4 aliphatic rings. The minimum absolute atomic E-state index is 0.0818. The molecule has 0 aromatic carbocycles. The van der Waals surface area contributed by atoms with E-state index in [4.69, 9.17) is 5.11 Å². The van der Waals surface area contributed by atoms with Crippen LogP contribution < -0.4 is 0 Å². The van der Waals surface area contributed by atoms with Crippen molar-refractivity contribution in [3.05, 3.63) is 34.9 Å². The Labute approximate surface area is 205 Å². The van der Waals surface area contributed by atoms with E-state index in [1.54, 1.807) is 6.92 Å². The summed E-state index contributed by atoms with van der Waals surface area (Å²) in [5.74, 6) is 0.938. The van der Waals surface area contributed by atoms with E-state index in [1.165, 1.54) is 11.1 Å². The molecule has 2 fully saturated rings. The zero-order valence-corrected chi connectivity index (χ0v) is 21.9. The predicted octanol–water partition coefficient (Wildman–Crippen LogP) is 6.71. The maximum Gasteiger partial charge on any atom is 0.330 e. The molecule has 0 amide bonds. The van der Waals surface area contributed by atoms with Crippen molar-refractivity contribution >= 4 is 17.5 Å². The Morgan fingerprint density at radius 1 is 1.15 bits per heavy atom. The van der Waals surface area contributed by atoms with Gasteiger partial charge in [-0.1, -0.05) is 58.4 Å². The van der Waals surface area contributed by atoms with Gasteiger partial charge in [0.1, 0.15) is 5.78 Å². The van der Waals surface area contributed by atoms with E-state index in [0.29, 0.717) is 36.0 Å². The van der Waals surface area contributed by atoms with Gasteiger partial charge in [0.15, 0.2) is 5.78 Å². The molecule has 0 spiro atoms. The molecule has 2 saturated carbocycles. The van der Waals surface area contributed by atoms with Crippen molar-refractivity contribution in [2.45, 2.75) is 92.9 Å². The molecule has 4 heteroatoms. The third-order valence-corrected chi connectivity index (χ3v) is 10.6. The van der Waals surface area contributed by atoms with Gasteiger partial charge in [0.2, 0.25) is 0 Å². The first-order valence-corrected chi connectivity index (χ1v) is 13.1. The smallest absolute Gasteiger partial charge is 0.330 e. The second-order valence-electron chi connectivity index (χ2n) is 12.7. The quantitative estimate of drug-likeness (QED) is 0.361. The van der Waals surface area contributed by atoms with Crippen LogP contribution in [0.25, 0.3) is 0 Å². The molecule has 0 heterocycles. The number of ketones is 2. The van der Waals surface area contributed by atoms with Gasteiger partial charge in [-0.15, -0.1) is 0 Å². The average Bonchev–Trinajstić information content (AvgIpc) is 3.09. The summed E-state index contributed by atoms with van der Waals surface area (Å²) in [5, 5.41) is 9.11. The number of rotatable bonds is 5. The van der Waals surface area contributed by atoms with Crippen LogP contribution in [0.5, 0.6) is 0 Å². The number of carboxylic acids is 1. The van der Waals surface area contributed by atoms with Gasteiger partial charge >= 0.3 is 5.97 Å². The van der Waals surface area contributed by atoms with Crippen LogP contribution in [-0.4, -0.2) is 22.6 Å². The molecule has 4 aliphatic carbocycles. The molecule has 0 bridgehead atoms. The van der Waals surface area contributed by atoms with Crippen molar-refractivity contribution in [1.82, 2.24) is 0 Å². The first kappa shape index (κ1) is 25.1. The first-order chi connectivity index (χ1) is 15.7. The lowest BCUT2D eigenvalue weighted by atomic mass is 9.49. The van der Waals surface area contributed by atoms with E-state index >= 15 is 0 Å². The third kappa shape index (κ3) is 3.58. The summed E-state index contributed by atoms with van der Waals surface area (Å²) in [6.07, 6.45) is 8.45. The Bertz CT molecular complexity index is 1010. The first-order valence-electron chi connectivity index (χ1n) is 13.1. The average molecular weight is 467 g/mol. The second kappa shape index (κ2) is 8.31. The van der Waals surface area contributed by atoms with Crippen molar-refractivity contribution < 1.29 is 19.5 Å². The van der Waals surface area contributed by atoms with Gasteiger partial charge in [0.05, 0.1) is 0 Å². The van der Waals surface area contributed by atoms with Crippen molar-refractivity contribution in [1.29, 1.82) is 0 Å². The lowest BCUT2D eigenvalue weighted by molar-refractivity contribution is -0.141. The van der Waals surface area contributed by atoms with Crippen LogP contribution in [0.1, 0.15) is 92.9 Å². The molecule has 0 aromatic heterocycles. The van der Waals surface area contributed by atoms with Crippen LogP contribution in [0.4, 0.5) is 0 Å². The van der Waals surface area contributed by atoms with Gasteiger partial charge in [-0.05, 0) is 74.5 Å². The summed E-state index contributed by atoms with van der Waals surface area (Å²) in [7, 11) is 0. The Morgan fingerprint density at radius 2 is 1.82 bits per heavy atom. The predicted molar refractivity (Wildman–Crippen MR) is 134 cm³/mol. The summed E-state index contributed by atoms with van der Waals surface area (Å²) < 4.78 is 0. The van der Waals surface area contributed by atoms with Crippen molar-refractivity contribution in [2.24, 2.45) is 39.9 Å². The fourth-order valence-corrected chi connectivity index (χ4v) is 8.29. The van der Waals surface area contributed by atoms with Crippen LogP contribution in [-0.2, 0) is 14.4 Å². The number of carbonyl (C=O) groups is 3. The zero-order valence-electron chi connectivity index (χ0n) is 21.9. The van der Waals surface area contributed by atoms with E-state index < -0.39 is 11.4 Å². The number of carboxylic acid groups (broad SMARTS) is 1. The lowest BCUT2D eigenvalue weighted by Crippen LogP contribution is -2.52. The highest BCUT2D eigenvalue weighted by atomic mass is 16.4. The van der Waals surface area contributed by atoms with Gasteiger partial charge < -0.3 is 5.11 Å². The van der Waals surface area contributed by atoms with Crippen molar-refractivity contribution in [3.63, 3.8) is 0 Å². The molecule has 0 aromatic rings. The Kier molecular flexibility index (Phi) is 6.14. The van der Waals surface area contributed by atoms with Gasteiger partial charge in [0, 0.05) is 34.8 Å². The third-order valence-electron chi connectivity index (χ3n) is 10.6. The molecule has 4 rings (SSSR count). The monoisotopic (exact) mass is 466 g/mol. The molecule has 6 atom stereocenters. The van der Waals surface area contributed by atoms with Crippen LogP contribution in [0.3, 0.4) is 0 Å². The van der Waals surface area contributed by atoms with Crippen LogP contribution in [0.2, 0.25) is 0 Å². The summed E-state index contributed by atoms with van der Waals surface area (Å²) in [4.78, 5) is 37.5. The summed E-state index contributed by atoms with van der Waals surface area (Å²) in [6, 6.07) is 0. The van der Waals surface area contributed by atoms with E-state index in [0.717, 1.165) is 44.1 Å². The number of hydrogen-bond donors (Lipinski definition) is 1. The van der Waals surface area contributed by atoms with Gasteiger partial charge in [-0.3, -0.25) is 9.59 Å². The molecule has 0 saturated heterocycles. The summed E-state index contributed by atoms with van der Waals surface area (Å²) >= 11 is 0. The van der Waals surface area contributed by atoms with Crippen molar-refractivity contribution in [2.75, 3.05) is 0 Å². The minimum Gasteiger partial charge on any atom is -0.478 e. The van der Waals surface area contributed by atoms with Crippen molar-refractivity contribution in [3.8, 4) is 0 Å². The molecule has 0 aliphatic heterocycles. The van der Waals surface area contributed by atoms with E-state index in [1.807, 2.05) is 6.08 Å². The highest BCUT2D eigenvalue weighted by molar-refractivity contribution is 6.01. The number of fused-ring (bicyclic) bond motifs is 4. The number of hydrogen-bond acceptors (Lipinski definition) is 3. The van der Waals surface area contributed by atoms with E-state index in [9.17, 15) is 14.4 Å². The van der Waals surface area contributed by atoms with Gasteiger partial charge in [-0.2, -0.15) is 0 Å².